The first-order valence-corrected chi connectivity index (χ1v) is 4.01. The normalized spacial score (nSPS) is 10.3. The first-order valence-electron chi connectivity index (χ1n) is 1.77. The molecule has 0 fully saturated rings. The lowest BCUT2D eigenvalue weighted by molar-refractivity contribution is -0.265. The van der Waals surface area contributed by atoms with Crippen molar-refractivity contribution in [2.75, 3.05) is 10.7 Å². The first-order chi connectivity index (χ1) is 3.35. The number of hydrogen-bond donors (Lipinski definition) is 1. The van der Waals surface area contributed by atoms with E-state index in [0.29, 0.717) is 10.7 Å². The third-order valence-corrected chi connectivity index (χ3v) is 1.94. The Morgan fingerprint density at radius 3 is 1.86 bits per heavy atom. The van der Waals surface area contributed by atoms with Gasteiger partial charge in [0.15, 0.2) is 0 Å². The Bertz CT molecular complexity index is 32.4. The summed E-state index contributed by atoms with van der Waals surface area (Å²) < 4.78 is 0. The van der Waals surface area contributed by atoms with Crippen LogP contribution in [0, 0.1) is 0 Å². The van der Waals surface area contributed by atoms with Crippen molar-refractivity contribution in [2.45, 2.75) is 6.10 Å². The maximum Gasteiger partial charge on any atom is 0.112 e. The predicted molar refractivity (Wildman–Crippen MR) is 35.1 cm³/mol. The zero-order valence-corrected chi connectivity index (χ0v) is 6.77. The van der Waals surface area contributed by atoms with Gasteiger partial charge in [-0.1, -0.05) is 31.9 Å². The van der Waals surface area contributed by atoms with Gasteiger partial charge in [-0.05, 0) is 0 Å². The molecule has 0 aliphatic rings. The number of hydrogen-bond acceptors (Lipinski definition) is 2. The van der Waals surface area contributed by atoms with Gasteiger partial charge in [0.25, 0.3) is 0 Å². The fourth-order valence-electron chi connectivity index (χ4n) is 0.0976. The average Bonchev–Trinajstić information content (AvgIpc) is 1.72. The van der Waals surface area contributed by atoms with E-state index >= 15 is 0 Å². The molecule has 0 amide bonds. The Hall–Kier alpha value is 0.880. The topological polar surface area (TPSA) is 29.5 Å². The molecule has 2 nitrogen and oxygen atoms in total. The summed E-state index contributed by atoms with van der Waals surface area (Å²) in [5, 5.41) is 9.26. The maximum absolute atomic E-state index is 7.97. The van der Waals surface area contributed by atoms with Crippen molar-refractivity contribution in [3.63, 3.8) is 0 Å². The van der Waals surface area contributed by atoms with Crippen LogP contribution in [0.2, 0.25) is 0 Å². The summed E-state index contributed by atoms with van der Waals surface area (Å²) in [7, 11) is 0. The first kappa shape index (κ1) is 7.88. The van der Waals surface area contributed by atoms with E-state index in [2.05, 4.69) is 36.7 Å². The van der Waals surface area contributed by atoms with Crippen molar-refractivity contribution >= 4 is 31.9 Å². The molecule has 1 N–H and O–H groups in total. The molecule has 44 valence electrons. The van der Waals surface area contributed by atoms with Crippen LogP contribution in [0.4, 0.5) is 0 Å². The van der Waals surface area contributed by atoms with E-state index in [1.807, 2.05) is 0 Å². The van der Waals surface area contributed by atoms with Gasteiger partial charge < -0.3 is 0 Å². The Labute approximate surface area is 59.0 Å². The van der Waals surface area contributed by atoms with E-state index in [1.54, 1.807) is 0 Å². The molecule has 0 aliphatic carbocycles. The third kappa shape index (κ3) is 3.46. The standard InChI is InChI=1S/C3H6Br2O2/c4-1-3(2-5)7-6/h3,6H,1-2H2. The van der Waals surface area contributed by atoms with E-state index in [1.165, 1.54) is 0 Å². The van der Waals surface area contributed by atoms with E-state index < -0.39 is 0 Å². The van der Waals surface area contributed by atoms with Gasteiger partial charge in [0.2, 0.25) is 0 Å². The molecular weight excluding hydrogens is 228 g/mol. The van der Waals surface area contributed by atoms with Gasteiger partial charge in [0.05, 0.1) is 0 Å². The van der Waals surface area contributed by atoms with E-state index in [9.17, 15) is 0 Å². The summed E-state index contributed by atoms with van der Waals surface area (Å²) in [4.78, 5) is 3.95. The monoisotopic (exact) mass is 232 g/mol. The Morgan fingerprint density at radius 1 is 1.43 bits per heavy atom. The molecule has 0 rings (SSSR count). The minimum absolute atomic E-state index is 0.125. The second-order valence-corrected chi connectivity index (χ2v) is 2.33. The lowest BCUT2D eigenvalue weighted by atomic mass is 10.5. The SMILES string of the molecule is OOC(CBr)CBr. The summed E-state index contributed by atoms with van der Waals surface area (Å²) in [5.74, 6) is 0. The van der Waals surface area contributed by atoms with Crippen LogP contribution in [-0.2, 0) is 4.89 Å². The van der Waals surface area contributed by atoms with Crippen molar-refractivity contribution in [1.82, 2.24) is 0 Å². The predicted octanol–water partition coefficient (Wildman–Crippen LogP) is 1.63. The van der Waals surface area contributed by atoms with Crippen LogP contribution in [0.15, 0.2) is 0 Å². The van der Waals surface area contributed by atoms with E-state index in [0.717, 1.165) is 0 Å². The molecule has 0 saturated heterocycles. The highest BCUT2D eigenvalue weighted by molar-refractivity contribution is 9.09. The zero-order valence-electron chi connectivity index (χ0n) is 3.60. The lowest BCUT2D eigenvalue weighted by Crippen LogP contribution is -2.13. The molecule has 0 heterocycles. The van der Waals surface area contributed by atoms with Crippen molar-refractivity contribution in [3.8, 4) is 0 Å². The maximum atomic E-state index is 7.97. The molecule has 0 radical (unpaired) electrons. The number of rotatable bonds is 3. The minimum atomic E-state index is -0.125. The smallest absolute Gasteiger partial charge is 0.112 e. The van der Waals surface area contributed by atoms with Gasteiger partial charge in [0.1, 0.15) is 6.10 Å². The molecule has 0 bridgehead atoms. The fourth-order valence-corrected chi connectivity index (χ4v) is 1.41. The third-order valence-electron chi connectivity index (χ3n) is 0.493. The van der Waals surface area contributed by atoms with Crippen LogP contribution >= 0.6 is 31.9 Å². The Balaban J connectivity index is 2.99. The molecule has 0 atom stereocenters. The molecule has 0 aromatic carbocycles. The van der Waals surface area contributed by atoms with Crippen LogP contribution in [-0.4, -0.2) is 22.0 Å². The molecule has 4 heteroatoms. The van der Waals surface area contributed by atoms with Crippen molar-refractivity contribution in [2.24, 2.45) is 0 Å². The molecule has 0 aliphatic heterocycles. The minimum Gasteiger partial charge on any atom is -0.251 e. The van der Waals surface area contributed by atoms with Gasteiger partial charge in [-0.25, -0.2) is 4.89 Å². The highest BCUT2D eigenvalue weighted by Gasteiger charge is 2.01. The molecule has 7 heavy (non-hydrogen) atoms. The van der Waals surface area contributed by atoms with Gasteiger partial charge in [-0.3, -0.25) is 5.26 Å². The fraction of sp³-hybridized carbons (Fsp3) is 1.00. The Morgan fingerprint density at radius 2 is 1.86 bits per heavy atom. The summed E-state index contributed by atoms with van der Waals surface area (Å²) in [6, 6.07) is 0. The van der Waals surface area contributed by atoms with Gasteiger partial charge in [-0.15, -0.1) is 0 Å². The summed E-state index contributed by atoms with van der Waals surface area (Å²) >= 11 is 6.24. The van der Waals surface area contributed by atoms with Crippen LogP contribution in [0.25, 0.3) is 0 Å². The van der Waals surface area contributed by atoms with Crippen molar-refractivity contribution < 1.29 is 10.1 Å². The highest BCUT2D eigenvalue weighted by Crippen LogP contribution is 1.98. The molecule has 0 spiro atoms. The van der Waals surface area contributed by atoms with E-state index in [4.69, 9.17) is 5.26 Å². The molecule has 0 aromatic rings. The number of halogens is 2. The average molecular weight is 234 g/mol. The van der Waals surface area contributed by atoms with Crippen LogP contribution in [0.5, 0.6) is 0 Å². The van der Waals surface area contributed by atoms with Crippen molar-refractivity contribution in [1.29, 1.82) is 0 Å². The Kier molecular flexibility index (Phi) is 5.66. The summed E-state index contributed by atoms with van der Waals surface area (Å²) in [6.45, 7) is 0. The van der Waals surface area contributed by atoms with Gasteiger partial charge >= 0.3 is 0 Å². The molecule has 0 unspecified atom stereocenters. The van der Waals surface area contributed by atoms with Gasteiger partial charge in [-0.2, -0.15) is 0 Å². The van der Waals surface area contributed by atoms with E-state index in [-0.39, 0.29) is 6.10 Å². The van der Waals surface area contributed by atoms with Gasteiger partial charge in [0, 0.05) is 10.7 Å². The summed E-state index contributed by atoms with van der Waals surface area (Å²) in [6.07, 6.45) is -0.125. The second kappa shape index (κ2) is 5.03. The summed E-state index contributed by atoms with van der Waals surface area (Å²) in [5.41, 5.74) is 0. The molecule has 0 aromatic heterocycles. The van der Waals surface area contributed by atoms with Crippen molar-refractivity contribution in [3.05, 3.63) is 0 Å². The lowest BCUT2D eigenvalue weighted by Gasteiger charge is -2.02. The largest absolute Gasteiger partial charge is 0.251 e. The second-order valence-electron chi connectivity index (χ2n) is 1.04. The number of alkyl halides is 2. The van der Waals surface area contributed by atoms with Crippen LogP contribution < -0.4 is 0 Å². The van der Waals surface area contributed by atoms with Crippen LogP contribution in [0.1, 0.15) is 0 Å². The molecule has 0 saturated carbocycles. The zero-order chi connectivity index (χ0) is 5.70. The highest BCUT2D eigenvalue weighted by atomic mass is 79.9. The van der Waals surface area contributed by atoms with Crippen LogP contribution in [0.3, 0.4) is 0 Å². The quantitative estimate of drug-likeness (QED) is 0.456. The molecular formula is C3H6Br2O2.